The molecule has 0 aliphatic heterocycles. The largest absolute Gasteiger partial charge is 0.487 e. The van der Waals surface area contributed by atoms with Crippen molar-refractivity contribution in [3.63, 3.8) is 0 Å². The Bertz CT molecular complexity index is 494. The zero-order valence-corrected chi connectivity index (χ0v) is 9.27. The van der Waals surface area contributed by atoms with Crippen molar-refractivity contribution >= 4 is 0 Å². The zero-order chi connectivity index (χ0) is 11.5. The Hall–Kier alpha value is -1.84. The van der Waals surface area contributed by atoms with Crippen LogP contribution in [0.2, 0.25) is 0 Å². The molecule has 0 radical (unpaired) electrons. The summed E-state index contributed by atoms with van der Waals surface area (Å²) < 4.78 is 20.1. The van der Waals surface area contributed by atoms with Gasteiger partial charge in [0.05, 0.1) is 11.4 Å². The number of nitrogens with zero attached hydrogens (tertiary/aromatic N) is 2. The number of hydrogen-bond donors (Lipinski definition) is 0. The second-order valence-corrected chi connectivity index (χ2v) is 3.65. The van der Waals surface area contributed by atoms with E-state index in [1.165, 1.54) is 12.1 Å². The minimum atomic E-state index is -0.293. The predicted octanol–water partition coefficient (Wildman–Crippen LogP) is 2.45. The van der Waals surface area contributed by atoms with Crippen molar-refractivity contribution in [1.82, 2.24) is 9.78 Å². The second-order valence-electron chi connectivity index (χ2n) is 3.65. The number of halogens is 1. The van der Waals surface area contributed by atoms with Gasteiger partial charge in [-0.3, -0.25) is 4.68 Å². The maximum absolute atomic E-state index is 12.9. The van der Waals surface area contributed by atoms with Gasteiger partial charge in [0, 0.05) is 13.1 Å². The number of rotatable bonds is 3. The molecule has 0 amide bonds. The Labute approximate surface area is 93.5 Å². The van der Waals surface area contributed by atoms with Crippen molar-refractivity contribution in [3.05, 3.63) is 47.5 Å². The molecule has 0 fully saturated rings. The van der Waals surface area contributed by atoms with Gasteiger partial charge in [-0.05, 0) is 25.1 Å². The standard InChI is InChI=1S/C12H13FN2O/c1-9-6-11(15(2)14-9)8-16-12-5-3-4-10(13)7-12/h3-7H,8H2,1-2H3. The Balaban J connectivity index is 2.05. The molecule has 0 N–H and O–H groups in total. The van der Waals surface area contributed by atoms with E-state index in [2.05, 4.69) is 5.10 Å². The highest BCUT2D eigenvalue weighted by atomic mass is 19.1. The molecule has 16 heavy (non-hydrogen) atoms. The average molecular weight is 220 g/mol. The van der Waals surface area contributed by atoms with Crippen LogP contribution in [0.25, 0.3) is 0 Å². The van der Waals surface area contributed by atoms with E-state index in [9.17, 15) is 4.39 Å². The molecule has 4 heteroatoms. The smallest absolute Gasteiger partial charge is 0.130 e. The third-order valence-corrected chi connectivity index (χ3v) is 2.28. The fraction of sp³-hybridized carbons (Fsp3) is 0.250. The summed E-state index contributed by atoms with van der Waals surface area (Å²) in [5.74, 6) is 0.234. The van der Waals surface area contributed by atoms with Crippen molar-refractivity contribution < 1.29 is 9.13 Å². The van der Waals surface area contributed by atoms with E-state index in [-0.39, 0.29) is 5.82 Å². The SMILES string of the molecule is Cc1cc(COc2cccc(F)c2)n(C)n1. The van der Waals surface area contributed by atoms with Crippen LogP contribution in [0.5, 0.6) is 5.75 Å². The lowest BCUT2D eigenvalue weighted by atomic mass is 10.3. The lowest BCUT2D eigenvalue weighted by Gasteiger charge is -2.05. The van der Waals surface area contributed by atoms with Crippen LogP contribution < -0.4 is 4.74 Å². The van der Waals surface area contributed by atoms with E-state index in [0.717, 1.165) is 11.4 Å². The van der Waals surface area contributed by atoms with Crippen molar-refractivity contribution in [2.75, 3.05) is 0 Å². The van der Waals surface area contributed by atoms with Crippen LogP contribution in [0.1, 0.15) is 11.4 Å². The first-order chi connectivity index (χ1) is 7.65. The number of hydrogen-bond acceptors (Lipinski definition) is 2. The fourth-order valence-corrected chi connectivity index (χ4v) is 1.51. The van der Waals surface area contributed by atoms with Gasteiger partial charge in [0.2, 0.25) is 0 Å². The molecule has 84 valence electrons. The molecule has 1 aromatic carbocycles. The lowest BCUT2D eigenvalue weighted by Crippen LogP contribution is -2.03. The predicted molar refractivity (Wildman–Crippen MR) is 58.7 cm³/mol. The molecule has 3 nitrogen and oxygen atoms in total. The average Bonchev–Trinajstić information content (AvgIpc) is 2.54. The summed E-state index contributed by atoms with van der Waals surface area (Å²) in [6, 6.07) is 8.05. The molecule has 1 heterocycles. The first kappa shape index (κ1) is 10.7. The zero-order valence-electron chi connectivity index (χ0n) is 9.27. The molecular formula is C12H13FN2O. The Morgan fingerprint density at radius 3 is 2.81 bits per heavy atom. The number of aromatic nitrogens is 2. The second kappa shape index (κ2) is 4.35. The van der Waals surface area contributed by atoms with Gasteiger partial charge in [-0.1, -0.05) is 6.07 Å². The number of benzene rings is 1. The van der Waals surface area contributed by atoms with Gasteiger partial charge < -0.3 is 4.74 Å². The maximum atomic E-state index is 12.9. The van der Waals surface area contributed by atoms with Crippen LogP contribution in [0.4, 0.5) is 4.39 Å². The van der Waals surface area contributed by atoms with Crippen molar-refractivity contribution in [3.8, 4) is 5.75 Å². The van der Waals surface area contributed by atoms with Gasteiger partial charge in [0.25, 0.3) is 0 Å². The highest BCUT2D eigenvalue weighted by Crippen LogP contribution is 2.14. The lowest BCUT2D eigenvalue weighted by molar-refractivity contribution is 0.293. The molecule has 0 saturated heterocycles. The molecule has 2 aromatic rings. The minimum absolute atomic E-state index is 0.293. The number of ether oxygens (including phenoxy) is 1. The quantitative estimate of drug-likeness (QED) is 0.794. The highest BCUT2D eigenvalue weighted by molar-refractivity contribution is 5.22. The molecule has 0 unspecified atom stereocenters. The van der Waals surface area contributed by atoms with Crippen LogP contribution in [-0.4, -0.2) is 9.78 Å². The van der Waals surface area contributed by atoms with Gasteiger partial charge >= 0.3 is 0 Å². The van der Waals surface area contributed by atoms with Gasteiger partial charge in [-0.25, -0.2) is 4.39 Å². The van der Waals surface area contributed by atoms with Crippen molar-refractivity contribution in [1.29, 1.82) is 0 Å². The van der Waals surface area contributed by atoms with Crippen LogP contribution in [0.3, 0.4) is 0 Å². The summed E-state index contributed by atoms with van der Waals surface area (Å²) in [5, 5.41) is 4.20. The van der Waals surface area contributed by atoms with E-state index in [4.69, 9.17) is 4.74 Å². The van der Waals surface area contributed by atoms with Crippen molar-refractivity contribution in [2.45, 2.75) is 13.5 Å². The van der Waals surface area contributed by atoms with E-state index < -0.39 is 0 Å². The molecule has 0 aliphatic rings. The van der Waals surface area contributed by atoms with Gasteiger partial charge in [0.1, 0.15) is 18.2 Å². The van der Waals surface area contributed by atoms with Crippen LogP contribution in [-0.2, 0) is 13.7 Å². The highest BCUT2D eigenvalue weighted by Gasteiger charge is 2.03. The Morgan fingerprint density at radius 1 is 1.38 bits per heavy atom. The van der Waals surface area contributed by atoms with Crippen LogP contribution in [0, 0.1) is 12.7 Å². The van der Waals surface area contributed by atoms with Crippen LogP contribution in [0.15, 0.2) is 30.3 Å². The molecule has 2 rings (SSSR count). The Kier molecular flexibility index (Phi) is 2.90. The van der Waals surface area contributed by atoms with E-state index in [0.29, 0.717) is 12.4 Å². The summed E-state index contributed by atoms with van der Waals surface area (Å²) >= 11 is 0. The van der Waals surface area contributed by atoms with Gasteiger partial charge in [0.15, 0.2) is 0 Å². The molecule has 0 spiro atoms. The van der Waals surface area contributed by atoms with Crippen molar-refractivity contribution in [2.24, 2.45) is 7.05 Å². The summed E-state index contributed by atoms with van der Waals surface area (Å²) in [7, 11) is 1.86. The fourth-order valence-electron chi connectivity index (χ4n) is 1.51. The Morgan fingerprint density at radius 2 is 2.19 bits per heavy atom. The third-order valence-electron chi connectivity index (χ3n) is 2.28. The van der Waals surface area contributed by atoms with E-state index >= 15 is 0 Å². The summed E-state index contributed by atoms with van der Waals surface area (Å²) in [6.45, 7) is 2.31. The number of aryl methyl sites for hydroxylation is 2. The van der Waals surface area contributed by atoms with E-state index in [1.807, 2.05) is 20.0 Å². The summed E-state index contributed by atoms with van der Waals surface area (Å²) in [5.41, 5.74) is 1.90. The van der Waals surface area contributed by atoms with Crippen LogP contribution >= 0.6 is 0 Å². The minimum Gasteiger partial charge on any atom is -0.487 e. The first-order valence-electron chi connectivity index (χ1n) is 5.03. The topological polar surface area (TPSA) is 27.1 Å². The molecule has 0 atom stereocenters. The molecule has 0 saturated carbocycles. The third kappa shape index (κ3) is 2.39. The van der Waals surface area contributed by atoms with Gasteiger partial charge in [-0.15, -0.1) is 0 Å². The normalized spacial score (nSPS) is 10.4. The molecule has 0 aliphatic carbocycles. The van der Waals surface area contributed by atoms with E-state index in [1.54, 1.807) is 16.8 Å². The maximum Gasteiger partial charge on any atom is 0.130 e. The molecule has 0 bridgehead atoms. The summed E-state index contributed by atoms with van der Waals surface area (Å²) in [4.78, 5) is 0. The molecule has 1 aromatic heterocycles. The first-order valence-corrected chi connectivity index (χ1v) is 5.03. The summed E-state index contributed by atoms with van der Waals surface area (Å²) in [6.07, 6.45) is 0. The molecular weight excluding hydrogens is 207 g/mol. The van der Waals surface area contributed by atoms with Gasteiger partial charge in [-0.2, -0.15) is 5.10 Å². The monoisotopic (exact) mass is 220 g/mol.